The van der Waals surface area contributed by atoms with Gasteiger partial charge in [0.2, 0.25) is 5.91 Å². The highest BCUT2D eigenvalue weighted by Crippen LogP contribution is 2.11. The normalized spacial score (nSPS) is 11.3. The first kappa shape index (κ1) is 25.0. The number of ether oxygens (including phenoxy) is 2. The maximum absolute atomic E-state index is 11.8. The quantitative estimate of drug-likeness (QED) is 0.150. The number of esters is 1. The molecule has 2 radical (unpaired) electrons. The molecule has 150 valence electrons. The molecule has 0 heterocycles. The standard InChI is InChI=1S/C18H36N2O4Si2/c1-7-13-25-26(5,6)14-10-20(17(4)21)9-12-23-15-19-8-11-24-18(22)16(2)3/h19H,2,7-15H2,1,3-6H3. The molecule has 0 aromatic carbocycles. The monoisotopic (exact) mass is 400 g/mol. The summed E-state index contributed by atoms with van der Waals surface area (Å²) in [4.78, 5) is 24.9. The Morgan fingerprint density at radius 2 is 1.88 bits per heavy atom. The molecule has 0 saturated carbocycles. The van der Waals surface area contributed by atoms with Crippen molar-refractivity contribution in [2.75, 3.05) is 39.6 Å². The van der Waals surface area contributed by atoms with E-state index in [0.29, 0.717) is 32.0 Å². The molecule has 0 bridgehead atoms. The van der Waals surface area contributed by atoms with Crippen molar-refractivity contribution in [3.63, 3.8) is 0 Å². The Morgan fingerprint density at radius 3 is 2.46 bits per heavy atom. The third kappa shape index (κ3) is 13.3. The van der Waals surface area contributed by atoms with Crippen LogP contribution >= 0.6 is 0 Å². The molecule has 8 heteroatoms. The Labute approximate surface area is 162 Å². The number of carbonyl (C=O) groups excluding carboxylic acids is 2. The van der Waals surface area contributed by atoms with Crippen LogP contribution in [-0.2, 0) is 19.1 Å². The van der Waals surface area contributed by atoms with Crippen LogP contribution in [0, 0.1) is 0 Å². The van der Waals surface area contributed by atoms with Crippen LogP contribution in [0.4, 0.5) is 0 Å². The van der Waals surface area contributed by atoms with Gasteiger partial charge in [0.15, 0.2) is 0 Å². The summed E-state index contributed by atoms with van der Waals surface area (Å²) in [5.41, 5.74) is 0.395. The van der Waals surface area contributed by atoms with Gasteiger partial charge in [-0.2, -0.15) is 0 Å². The van der Waals surface area contributed by atoms with Crippen molar-refractivity contribution in [2.24, 2.45) is 0 Å². The Hall–Kier alpha value is -0.966. The molecule has 6 nitrogen and oxygen atoms in total. The van der Waals surface area contributed by atoms with Gasteiger partial charge in [-0.05, 0) is 13.0 Å². The first-order valence-electron chi connectivity index (χ1n) is 9.31. The zero-order valence-corrected chi connectivity index (χ0v) is 19.2. The number of hydrogen-bond donors (Lipinski definition) is 1. The summed E-state index contributed by atoms with van der Waals surface area (Å²) < 4.78 is 10.5. The minimum Gasteiger partial charge on any atom is -0.461 e. The Kier molecular flexibility index (Phi) is 13.6. The predicted octanol–water partition coefficient (Wildman–Crippen LogP) is 2.26. The predicted molar refractivity (Wildman–Crippen MR) is 110 cm³/mol. The SMILES string of the molecule is C=C(C)C(=O)OCCNCOCCN(CC[Si](C)(C)[Si]CCC)C(C)=O. The van der Waals surface area contributed by atoms with Gasteiger partial charge in [-0.1, -0.05) is 39.1 Å². The van der Waals surface area contributed by atoms with E-state index < -0.39 is 7.59 Å². The molecule has 26 heavy (non-hydrogen) atoms. The lowest BCUT2D eigenvalue weighted by Gasteiger charge is -2.27. The first-order valence-corrected chi connectivity index (χ1v) is 14.7. The molecule has 0 aromatic rings. The first-order chi connectivity index (χ1) is 12.2. The summed E-state index contributed by atoms with van der Waals surface area (Å²) in [6.07, 6.45) is 1.25. The van der Waals surface area contributed by atoms with Crippen molar-refractivity contribution in [2.45, 2.75) is 52.4 Å². The van der Waals surface area contributed by atoms with Gasteiger partial charge in [0, 0.05) is 48.8 Å². The van der Waals surface area contributed by atoms with Crippen molar-refractivity contribution < 1.29 is 19.1 Å². The molecule has 0 aliphatic carbocycles. The van der Waals surface area contributed by atoms with Gasteiger partial charge in [-0.3, -0.25) is 10.1 Å². The van der Waals surface area contributed by atoms with Crippen LogP contribution in [0.15, 0.2) is 12.2 Å². The zero-order chi connectivity index (χ0) is 20.0. The fourth-order valence-electron chi connectivity index (χ4n) is 2.12. The molecular formula is C18H36N2O4Si2. The van der Waals surface area contributed by atoms with Crippen LogP contribution in [-0.4, -0.2) is 73.0 Å². The summed E-state index contributed by atoms with van der Waals surface area (Å²) in [6.45, 7) is 16.9. The molecule has 0 spiro atoms. The highest BCUT2D eigenvalue weighted by atomic mass is 29.2. The van der Waals surface area contributed by atoms with E-state index in [9.17, 15) is 9.59 Å². The number of hydrogen-bond acceptors (Lipinski definition) is 5. The van der Waals surface area contributed by atoms with Crippen molar-refractivity contribution in [1.29, 1.82) is 0 Å². The van der Waals surface area contributed by atoms with Crippen molar-refractivity contribution in [1.82, 2.24) is 10.2 Å². The Bertz CT molecular complexity index is 445. The molecule has 0 aliphatic rings. The van der Waals surface area contributed by atoms with E-state index >= 15 is 0 Å². The minimum absolute atomic E-state index is 0.108. The van der Waals surface area contributed by atoms with Crippen LogP contribution in [0.3, 0.4) is 0 Å². The number of amides is 1. The van der Waals surface area contributed by atoms with Gasteiger partial charge in [0.1, 0.15) is 6.61 Å². The van der Waals surface area contributed by atoms with Crippen LogP contribution in [0.1, 0.15) is 27.2 Å². The van der Waals surface area contributed by atoms with Gasteiger partial charge < -0.3 is 14.4 Å². The highest BCUT2D eigenvalue weighted by molar-refractivity contribution is 7.23. The van der Waals surface area contributed by atoms with Gasteiger partial charge in [0.25, 0.3) is 0 Å². The number of rotatable bonds is 15. The zero-order valence-electron chi connectivity index (χ0n) is 17.2. The topological polar surface area (TPSA) is 67.9 Å². The van der Waals surface area contributed by atoms with E-state index in [1.807, 2.05) is 4.90 Å². The summed E-state index contributed by atoms with van der Waals surface area (Å²) in [7, 11) is -0.118. The van der Waals surface area contributed by atoms with Crippen molar-refractivity contribution in [3.05, 3.63) is 12.2 Å². The molecule has 0 atom stereocenters. The molecule has 0 rings (SSSR count). The van der Waals surface area contributed by atoms with Crippen LogP contribution in [0.25, 0.3) is 0 Å². The molecule has 0 saturated heterocycles. The maximum Gasteiger partial charge on any atom is 0.333 e. The number of nitrogens with zero attached hydrogens (tertiary/aromatic N) is 1. The largest absolute Gasteiger partial charge is 0.461 e. The molecule has 0 aromatic heterocycles. The van der Waals surface area contributed by atoms with Crippen molar-refractivity contribution in [3.8, 4) is 0 Å². The number of nitrogens with one attached hydrogen (secondary N) is 1. The van der Waals surface area contributed by atoms with Crippen LogP contribution in [0.2, 0.25) is 25.2 Å². The second-order valence-electron chi connectivity index (χ2n) is 7.04. The average Bonchev–Trinajstić information content (AvgIpc) is 2.57. The lowest BCUT2D eigenvalue weighted by Crippen LogP contribution is -2.41. The van der Waals surface area contributed by atoms with E-state index in [2.05, 4.69) is 31.9 Å². The minimum atomic E-state index is -1.19. The summed E-state index contributed by atoms with van der Waals surface area (Å²) >= 11 is 0. The number of carbonyl (C=O) groups is 2. The Morgan fingerprint density at radius 1 is 1.19 bits per heavy atom. The van der Waals surface area contributed by atoms with Gasteiger partial charge >= 0.3 is 5.97 Å². The van der Waals surface area contributed by atoms with E-state index in [1.165, 1.54) is 12.5 Å². The van der Waals surface area contributed by atoms with E-state index in [4.69, 9.17) is 9.47 Å². The molecule has 0 unspecified atom stereocenters. The van der Waals surface area contributed by atoms with E-state index in [0.717, 1.165) is 21.6 Å². The van der Waals surface area contributed by atoms with E-state index in [1.54, 1.807) is 13.8 Å². The molecule has 1 N–H and O–H groups in total. The molecule has 0 fully saturated rings. The second kappa shape index (κ2) is 14.1. The molecular weight excluding hydrogens is 364 g/mol. The maximum atomic E-state index is 11.8. The molecule has 1 amide bonds. The second-order valence-corrected chi connectivity index (χ2v) is 17.3. The smallest absolute Gasteiger partial charge is 0.333 e. The third-order valence-corrected chi connectivity index (χ3v) is 11.4. The van der Waals surface area contributed by atoms with Gasteiger partial charge in [0.05, 0.1) is 13.3 Å². The Balaban J connectivity index is 3.86. The van der Waals surface area contributed by atoms with Crippen molar-refractivity contribution >= 4 is 28.5 Å². The lowest BCUT2D eigenvalue weighted by atomic mass is 10.4. The van der Waals surface area contributed by atoms with E-state index in [-0.39, 0.29) is 18.5 Å². The fourth-order valence-corrected chi connectivity index (χ4v) is 7.70. The van der Waals surface area contributed by atoms with Crippen LogP contribution < -0.4 is 5.32 Å². The highest BCUT2D eigenvalue weighted by Gasteiger charge is 2.22. The summed E-state index contributed by atoms with van der Waals surface area (Å²) in [6, 6.07) is 2.47. The summed E-state index contributed by atoms with van der Waals surface area (Å²) in [5.74, 6) is -0.271. The summed E-state index contributed by atoms with van der Waals surface area (Å²) in [5, 5.41) is 3.04. The van der Waals surface area contributed by atoms with Gasteiger partial charge in [-0.25, -0.2) is 4.79 Å². The fraction of sp³-hybridized carbons (Fsp3) is 0.778. The van der Waals surface area contributed by atoms with Crippen LogP contribution in [0.5, 0.6) is 0 Å². The van der Waals surface area contributed by atoms with Gasteiger partial charge in [-0.15, -0.1) is 0 Å². The average molecular weight is 401 g/mol. The molecule has 0 aliphatic heterocycles. The third-order valence-electron chi connectivity index (χ3n) is 3.88. The lowest BCUT2D eigenvalue weighted by molar-refractivity contribution is -0.138.